The molecule has 10 nitrogen and oxygen atoms in total. The number of halogens is 3. The third kappa shape index (κ3) is 4.60. The summed E-state index contributed by atoms with van der Waals surface area (Å²) in [6, 6.07) is 15.5. The maximum absolute atomic E-state index is 13.7. The maximum Gasteiger partial charge on any atom is 0.501 e. The lowest BCUT2D eigenvalue weighted by Crippen LogP contribution is -2.49. The summed E-state index contributed by atoms with van der Waals surface area (Å²) in [7, 11) is -5.60. The highest BCUT2D eigenvalue weighted by Crippen LogP contribution is 2.55. The molecule has 0 radical (unpaired) electrons. The van der Waals surface area contributed by atoms with Gasteiger partial charge in [0, 0.05) is 38.1 Å². The van der Waals surface area contributed by atoms with Crippen molar-refractivity contribution in [3.63, 3.8) is 0 Å². The molecule has 3 heterocycles. The highest BCUT2D eigenvalue weighted by atomic mass is 32.2. The smallest absolute Gasteiger partial charge is 0.368 e. The topological polar surface area (TPSA) is 111 Å². The van der Waals surface area contributed by atoms with Crippen LogP contribution in [0.2, 0.25) is 0 Å². The fourth-order valence-corrected chi connectivity index (χ4v) is 6.55. The number of imide groups is 1. The number of nitrogens with zero attached hydrogens (tertiary/aromatic N) is 5. The number of carbonyl (C=O) groups excluding carboxylic acids is 3. The van der Waals surface area contributed by atoms with Gasteiger partial charge in [0.05, 0.1) is 16.3 Å². The molecule has 14 heteroatoms. The molecule has 0 bridgehead atoms. The molecule has 3 aliphatic rings. The first kappa shape index (κ1) is 28.6. The maximum atomic E-state index is 13.7. The fraction of sp³-hybridized carbons (Fsp3) is 0.310. The lowest BCUT2D eigenvalue weighted by Gasteiger charge is -2.36. The molecule has 2 unspecified atom stereocenters. The van der Waals surface area contributed by atoms with E-state index in [1.165, 1.54) is 23.2 Å². The molecule has 2 aliphatic heterocycles. The Kier molecular flexibility index (Phi) is 6.71. The molecule has 3 fully saturated rings. The number of urea groups is 1. The Bertz CT molecular complexity index is 1710. The van der Waals surface area contributed by atoms with Gasteiger partial charge in [0.2, 0.25) is 0 Å². The molecule has 1 aliphatic carbocycles. The summed E-state index contributed by atoms with van der Waals surface area (Å²) in [5, 5.41) is 0. The number of rotatable bonds is 5. The van der Waals surface area contributed by atoms with Gasteiger partial charge in [-0.25, -0.2) is 18.1 Å². The van der Waals surface area contributed by atoms with Gasteiger partial charge in [0.1, 0.15) is 11.2 Å². The second-order valence-corrected chi connectivity index (χ2v) is 12.7. The first-order valence-electron chi connectivity index (χ1n) is 13.5. The third-order valence-corrected chi connectivity index (χ3v) is 9.75. The van der Waals surface area contributed by atoms with E-state index in [9.17, 15) is 36.0 Å². The van der Waals surface area contributed by atoms with Gasteiger partial charge in [0.15, 0.2) is 0 Å². The summed E-state index contributed by atoms with van der Waals surface area (Å²) in [5.74, 6) is -1.14. The number of hydrogen-bond donors (Lipinski definition) is 0. The molecule has 1 aromatic heterocycles. The van der Waals surface area contributed by atoms with Crippen molar-refractivity contribution in [1.29, 1.82) is 0 Å². The number of anilines is 3. The van der Waals surface area contributed by atoms with E-state index in [0.717, 1.165) is 22.7 Å². The van der Waals surface area contributed by atoms with Crippen LogP contribution in [0.15, 0.2) is 77.8 Å². The van der Waals surface area contributed by atoms with Gasteiger partial charge in [-0.1, -0.05) is 25.1 Å². The van der Waals surface area contributed by atoms with Crippen molar-refractivity contribution in [3.8, 4) is 0 Å². The number of amides is 4. The minimum atomic E-state index is -5.60. The zero-order chi connectivity index (χ0) is 30.7. The van der Waals surface area contributed by atoms with E-state index >= 15 is 0 Å². The Morgan fingerprint density at radius 1 is 0.907 bits per heavy atom. The summed E-state index contributed by atoms with van der Waals surface area (Å²) < 4.78 is 62.5. The number of piperazine rings is 1. The van der Waals surface area contributed by atoms with Gasteiger partial charge in [0.25, 0.3) is 21.7 Å². The second kappa shape index (κ2) is 10.1. The van der Waals surface area contributed by atoms with Crippen LogP contribution in [0.25, 0.3) is 0 Å². The molecular weight excluding hydrogens is 587 g/mol. The fourth-order valence-electron chi connectivity index (χ4n) is 5.78. The quantitative estimate of drug-likeness (QED) is 0.399. The Hall–Kier alpha value is -4.46. The standard InChI is InChI=1S/C29H26F3N5O5S/c1-19-18-28(19)26(39)36(21-7-9-23(10-8-21)43(41,42)29(30,31)32)27(40)37(28)22-11-12-33-24(17-22)25(38)35-15-13-34(14-16-35)20-5-3-2-4-6-20/h2-12,17,19H,13-16,18H2,1H3. The highest BCUT2D eigenvalue weighted by molar-refractivity contribution is 7.92. The number of aromatic nitrogens is 1. The summed E-state index contributed by atoms with van der Waals surface area (Å²) in [4.78, 5) is 50.0. The highest BCUT2D eigenvalue weighted by Gasteiger charge is 2.70. The number of sulfone groups is 1. The van der Waals surface area contributed by atoms with Crippen LogP contribution in [0.5, 0.6) is 0 Å². The molecule has 0 N–H and O–H groups in total. The van der Waals surface area contributed by atoms with Gasteiger partial charge in [-0.15, -0.1) is 0 Å². The first-order chi connectivity index (χ1) is 20.4. The summed E-state index contributed by atoms with van der Waals surface area (Å²) >= 11 is 0. The predicted molar refractivity (Wildman–Crippen MR) is 150 cm³/mol. The zero-order valence-corrected chi connectivity index (χ0v) is 23.7. The van der Waals surface area contributed by atoms with Gasteiger partial charge in [-0.3, -0.25) is 19.5 Å². The van der Waals surface area contributed by atoms with E-state index in [4.69, 9.17) is 0 Å². The van der Waals surface area contributed by atoms with E-state index < -0.39 is 37.7 Å². The summed E-state index contributed by atoms with van der Waals surface area (Å²) in [6.45, 7) is 3.99. The molecule has 224 valence electrons. The third-order valence-electron chi connectivity index (χ3n) is 8.25. The van der Waals surface area contributed by atoms with Crippen molar-refractivity contribution >= 4 is 44.7 Å². The monoisotopic (exact) mass is 613 g/mol. The van der Waals surface area contributed by atoms with Gasteiger partial charge in [-0.2, -0.15) is 13.2 Å². The normalized spacial score (nSPS) is 22.5. The largest absolute Gasteiger partial charge is 0.501 e. The van der Waals surface area contributed by atoms with Crippen molar-refractivity contribution in [2.45, 2.75) is 29.3 Å². The zero-order valence-electron chi connectivity index (χ0n) is 22.9. The second-order valence-electron chi connectivity index (χ2n) is 10.7. The molecule has 2 saturated heterocycles. The number of para-hydroxylation sites is 1. The molecule has 2 atom stereocenters. The molecule has 43 heavy (non-hydrogen) atoms. The van der Waals surface area contributed by atoms with Crippen LogP contribution in [-0.4, -0.2) is 73.4 Å². The van der Waals surface area contributed by atoms with E-state index in [1.54, 1.807) is 11.8 Å². The molecule has 1 saturated carbocycles. The van der Waals surface area contributed by atoms with Crippen LogP contribution in [0.3, 0.4) is 0 Å². The van der Waals surface area contributed by atoms with E-state index in [-0.39, 0.29) is 28.9 Å². The average molecular weight is 614 g/mol. The SMILES string of the molecule is CC1CC12C(=O)N(c1ccc(S(=O)(=O)C(F)(F)F)cc1)C(=O)N2c1ccnc(C(=O)N2CCN(c3ccccc3)CC2)c1. The molecule has 6 rings (SSSR count). The van der Waals surface area contributed by atoms with Gasteiger partial charge in [-0.05, 0) is 60.9 Å². The van der Waals surface area contributed by atoms with Crippen molar-refractivity contribution in [1.82, 2.24) is 9.88 Å². The number of benzene rings is 2. The minimum absolute atomic E-state index is 0.0706. The van der Waals surface area contributed by atoms with Crippen molar-refractivity contribution < 1.29 is 36.0 Å². The molecular formula is C29H26F3N5O5S. The van der Waals surface area contributed by atoms with Crippen molar-refractivity contribution in [2.75, 3.05) is 40.9 Å². The van der Waals surface area contributed by atoms with E-state index in [2.05, 4.69) is 9.88 Å². The Balaban J connectivity index is 1.24. The number of carbonyl (C=O) groups is 3. The van der Waals surface area contributed by atoms with Crippen LogP contribution in [0.1, 0.15) is 23.8 Å². The minimum Gasteiger partial charge on any atom is -0.368 e. The first-order valence-corrected chi connectivity index (χ1v) is 15.0. The lowest BCUT2D eigenvalue weighted by atomic mass is 10.1. The molecule has 2 aromatic carbocycles. The van der Waals surface area contributed by atoms with Gasteiger partial charge < -0.3 is 9.80 Å². The van der Waals surface area contributed by atoms with Crippen molar-refractivity contribution in [3.05, 3.63) is 78.6 Å². The Labute approximate surface area is 245 Å². The van der Waals surface area contributed by atoms with Gasteiger partial charge >= 0.3 is 11.5 Å². The van der Waals surface area contributed by atoms with E-state index in [0.29, 0.717) is 44.7 Å². The summed E-state index contributed by atoms with van der Waals surface area (Å²) in [6.07, 6.45) is 1.72. The van der Waals surface area contributed by atoms with Crippen LogP contribution in [0.4, 0.5) is 35.0 Å². The number of hydrogen-bond acceptors (Lipinski definition) is 7. The van der Waals surface area contributed by atoms with Crippen LogP contribution in [-0.2, 0) is 14.6 Å². The van der Waals surface area contributed by atoms with E-state index in [1.807, 2.05) is 30.3 Å². The Morgan fingerprint density at radius 2 is 1.53 bits per heavy atom. The molecule has 1 spiro atoms. The predicted octanol–water partition coefficient (Wildman–Crippen LogP) is 4.09. The van der Waals surface area contributed by atoms with Crippen LogP contribution < -0.4 is 14.7 Å². The number of alkyl halides is 3. The number of pyridine rings is 1. The van der Waals surface area contributed by atoms with Crippen LogP contribution in [0, 0.1) is 5.92 Å². The van der Waals surface area contributed by atoms with Crippen molar-refractivity contribution in [2.24, 2.45) is 5.92 Å². The lowest BCUT2D eigenvalue weighted by molar-refractivity contribution is -0.119. The summed E-state index contributed by atoms with van der Waals surface area (Å²) in [5.41, 5.74) is -5.35. The molecule has 3 aromatic rings. The molecule has 4 amide bonds. The van der Waals surface area contributed by atoms with Crippen LogP contribution >= 0.6 is 0 Å². The average Bonchev–Trinajstić information content (AvgIpc) is 3.61. The Morgan fingerprint density at radius 3 is 2.12 bits per heavy atom.